The SMILES string of the molecule is COC1=Nc2ccc(Br)cc2C2C1=C(C(O)(CCN(C)C)c1ccc(F)cc1)c1ccccc12. The van der Waals surface area contributed by atoms with E-state index in [1.165, 1.54) is 12.1 Å². The number of aliphatic hydroxyl groups is 1. The van der Waals surface area contributed by atoms with Crippen LogP contribution in [0.25, 0.3) is 5.57 Å². The van der Waals surface area contributed by atoms with Gasteiger partial charge in [-0.25, -0.2) is 9.38 Å². The Labute approximate surface area is 207 Å². The lowest BCUT2D eigenvalue weighted by Crippen LogP contribution is -2.33. The minimum atomic E-state index is -1.37. The highest BCUT2D eigenvalue weighted by Crippen LogP contribution is 2.56. The fourth-order valence-corrected chi connectivity index (χ4v) is 5.51. The molecular formula is C28H26BrFN2O2. The van der Waals surface area contributed by atoms with Gasteiger partial charge >= 0.3 is 0 Å². The second kappa shape index (κ2) is 8.77. The number of nitrogens with zero attached hydrogens (tertiary/aromatic N) is 2. The average Bonchev–Trinajstić information content (AvgIpc) is 3.19. The topological polar surface area (TPSA) is 45.1 Å². The van der Waals surface area contributed by atoms with Crippen LogP contribution in [0.3, 0.4) is 0 Å². The number of fused-ring (bicyclic) bond motifs is 5. The Balaban J connectivity index is 1.83. The molecule has 0 bridgehead atoms. The van der Waals surface area contributed by atoms with E-state index in [0.29, 0.717) is 24.4 Å². The van der Waals surface area contributed by atoms with Gasteiger partial charge in [-0.1, -0.05) is 52.3 Å². The van der Waals surface area contributed by atoms with Gasteiger partial charge in [0, 0.05) is 28.1 Å². The molecule has 0 fully saturated rings. The summed E-state index contributed by atoms with van der Waals surface area (Å²) in [6.45, 7) is 0.638. The summed E-state index contributed by atoms with van der Waals surface area (Å²) in [7, 11) is 5.57. The summed E-state index contributed by atoms with van der Waals surface area (Å²) in [5, 5.41) is 12.5. The van der Waals surface area contributed by atoms with E-state index < -0.39 is 5.60 Å². The van der Waals surface area contributed by atoms with E-state index in [9.17, 15) is 9.50 Å². The summed E-state index contributed by atoms with van der Waals surface area (Å²) in [6, 6.07) is 20.3. The molecule has 0 radical (unpaired) electrons. The number of ether oxygens (including phenoxy) is 1. The number of rotatable bonds is 5. The van der Waals surface area contributed by atoms with Gasteiger partial charge in [-0.2, -0.15) is 0 Å². The van der Waals surface area contributed by atoms with Crippen LogP contribution in [0.5, 0.6) is 0 Å². The molecule has 4 nitrogen and oxygen atoms in total. The molecule has 1 aliphatic carbocycles. The summed E-state index contributed by atoms with van der Waals surface area (Å²) in [5.74, 6) is 0.0329. The first-order valence-corrected chi connectivity index (χ1v) is 12.0. The van der Waals surface area contributed by atoms with Crippen LogP contribution < -0.4 is 0 Å². The van der Waals surface area contributed by atoms with E-state index in [-0.39, 0.29) is 11.7 Å². The number of hydrogen-bond donors (Lipinski definition) is 1. The van der Waals surface area contributed by atoms with E-state index in [0.717, 1.165) is 38.0 Å². The van der Waals surface area contributed by atoms with Crippen molar-refractivity contribution >= 4 is 33.1 Å². The summed E-state index contributed by atoms with van der Waals surface area (Å²) in [4.78, 5) is 6.87. The lowest BCUT2D eigenvalue weighted by Gasteiger charge is -2.34. The van der Waals surface area contributed by atoms with E-state index in [1.54, 1.807) is 19.2 Å². The Morgan fingerprint density at radius 3 is 2.50 bits per heavy atom. The number of methoxy groups -OCH3 is 1. The van der Waals surface area contributed by atoms with Crippen molar-refractivity contribution in [3.8, 4) is 0 Å². The molecule has 1 aliphatic heterocycles. The zero-order valence-electron chi connectivity index (χ0n) is 19.3. The molecule has 3 aromatic rings. The van der Waals surface area contributed by atoms with Crippen molar-refractivity contribution in [2.45, 2.75) is 17.9 Å². The van der Waals surface area contributed by atoms with Crippen LogP contribution in [0.2, 0.25) is 0 Å². The fraction of sp³-hybridized carbons (Fsp3) is 0.250. The lowest BCUT2D eigenvalue weighted by atomic mass is 9.78. The molecule has 5 rings (SSSR count). The molecule has 6 heteroatoms. The van der Waals surface area contributed by atoms with Crippen molar-refractivity contribution in [2.24, 2.45) is 4.99 Å². The van der Waals surface area contributed by atoms with Gasteiger partial charge in [-0.3, -0.25) is 0 Å². The number of aliphatic imine (C=N–C) groups is 1. The molecule has 3 aromatic carbocycles. The molecule has 2 aliphatic rings. The molecule has 0 spiro atoms. The Morgan fingerprint density at radius 2 is 1.79 bits per heavy atom. The number of benzene rings is 3. The molecule has 2 atom stereocenters. The molecule has 34 heavy (non-hydrogen) atoms. The third-order valence-corrected chi connectivity index (χ3v) is 7.19. The van der Waals surface area contributed by atoms with Gasteiger partial charge in [0.15, 0.2) is 0 Å². The normalized spacial score (nSPS) is 18.2. The van der Waals surface area contributed by atoms with Crippen molar-refractivity contribution in [1.29, 1.82) is 0 Å². The van der Waals surface area contributed by atoms with Crippen LogP contribution >= 0.6 is 15.9 Å². The Kier molecular flexibility index (Phi) is 5.92. The quantitative estimate of drug-likeness (QED) is 0.447. The first-order chi connectivity index (χ1) is 16.3. The Bertz CT molecular complexity index is 1320. The maximum absolute atomic E-state index is 13.8. The van der Waals surface area contributed by atoms with Crippen molar-refractivity contribution in [3.05, 3.63) is 105 Å². The zero-order valence-corrected chi connectivity index (χ0v) is 20.9. The summed E-state index contributed by atoms with van der Waals surface area (Å²) in [5.41, 5.74) is 4.87. The molecule has 1 N–H and O–H groups in total. The van der Waals surface area contributed by atoms with Gasteiger partial charge in [-0.15, -0.1) is 0 Å². The highest BCUT2D eigenvalue weighted by Gasteiger charge is 2.47. The Morgan fingerprint density at radius 1 is 1.06 bits per heavy atom. The highest BCUT2D eigenvalue weighted by molar-refractivity contribution is 9.10. The van der Waals surface area contributed by atoms with Crippen LogP contribution in [0, 0.1) is 5.82 Å². The van der Waals surface area contributed by atoms with Crippen LogP contribution in [-0.2, 0) is 10.3 Å². The highest BCUT2D eigenvalue weighted by atomic mass is 79.9. The van der Waals surface area contributed by atoms with Gasteiger partial charge < -0.3 is 14.7 Å². The van der Waals surface area contributed by atoms with E-state index in [4.69, 9.17) is 9.73 Å². The summed E-state index contributed by atoms with van der Waals surface area (Å²) < 4.78 is 20.6. The molecule has 2 unspecified atom stereocenters. The first-order valence-electron chi connectivity index (χ1n) is 11.2. The minimum Gasteiger partial charge on any atom is -0.481 e. The average molecular weight is 521 g/mol. The third kappa shape index (κ3) is 3.70. The fourth-order valence-electron chi connectivity index (χ4n) is 5.13. The van der Waals surface area contributed by atoms with Crippen LogP contribution in [0.15, 0.2) is 81.8 Å². The number of hydrogen-bond acceptors (Lipinski definition) is 4. The standard InChI is InChI=1S/C28H26BrFN2O2/c1-32(2)15-14-28(33,17-8-11-19(30)12-9-17)26-21-7-5-4-6-20(21)24-22-16-18(29)10-13-23(22)31-27(34-3)25(24)26/h4-13,16,24,33H,14-15H2,1-3H3. The van der Waals surface area contributed by atoms with Gasteiger partial charge in [0.05, 0.1) is 12.8 Å². The van der Waals surface area contributed by atoms with Crippen LogP contribution in [0.4, 0.5) is 10.1 Å². The minimum absolute atomic E-state index is 0.127. The smallest absolute Gasteiger partial charge is 0.218 e. The third-order valence-electron chi connectivity index (χ3n) is 6.70. The first kappa shape index (κ1) is 23.0. The molecule has 0 saturated carbocycles. The van der Waals surface area contributed by atoms with Crippen molar-refractivity contribution in [3.63, 3.8) is 0 Å². The van der Waals surface area contributed by atoms with Crippen molar-refractivity contribution < 1.29 is 14.2 Å². The van der Waals surface area contributed by atoms with Crippen molar-refractivity contribution in [1.82, 2.24) is 4.90 Å². The second-order valence-corrected chi connectivity index (χ2v) is 9.97. The molecule has 0 saturated heterocycles. The maximum Gasteiger partial charge on any atom is 0.218 e. The monoisotopic (exact) mass is 520 g/mol. The summed E-state index contributed by atoms with van der Waals surface area (Å²) >= 11 is 3.61. The molecular weight excluding hydrogens is 495 g/mol. The molecule has 174 valence electrons. The van der Waals surface area contributed by atoms with Gasteiger partial charge in [-0.05, 0) is 73.1 Å². The van der Waals surface area contributed by atoms with Gasteiger partial charge in [0.25, 0.3) is 0 Å². The van der Waals surface area contributed by atoms with Crippen LogP contribution in [-0.4, -0.2) is 43.7 Å². The summed E-state index contributed by atoms with van der Waals surface area (Å²) in [6.07, 6.45) is 0.424. The molecule has 0 amide bonds. The van der Waals surface area contributed by atoms with E-state index in [1.807, 2.05) is 49.3 Å². The van der Waals surface area contributed by atoms with Gasteiger partial charge in [0.2, 0.25) is 5.90 Å². The zero-order chi connectivity index (χ0) is 24.0. The predicted molar refractivity (Wildman–Crippen MR) is 137 cm³/mol. The molecule has 1 heterocycles. The van der Waals surface area contributed by atoms with E-state index in [2.05, 4.69) is 28.1 Å². The lowest BCUT2D eigenvalue weighted by molar-refractivity contribution is 0.0813. The predicted octanol–water partition coefficient (Wildman–Crippen LogP) is 6.02. The number of halogens is 2. The molecule has 0 aromatic heterocycles. The van der Waals surface area contributed by atoms with E-state index >= 15 is 0 Å². The second-order valence-electron chi connectivity index (χ2n) is 9.05. The Hall–Kier alpha value is -2.80. The largest absolute Gasteiger partial charge is 0.481 e. The van der Waals surface area contributed by atoms with Crippen LogP contribution in [0.1, 0.15) is 34.6 Å². The maximum atomic E-state index is 13.8. The van der Waals surface area contributed by atoms with Gasteiger partial charge in [0.1, 0.15) is 11.4 Å². The van der Waals surface area contributed by atoms with Crippen molar-refractivity contribution in [2.75, 3.05) is 27.7 Å².